The minimum absolute atomic E-state index is 0.399. The molecule has 1 aliphatic carbocycles. The van der Waals surface area contributed by atoms with Crippen LogP contribution in [0.4, 0.5) is 0 Å². The molecule has 2 fully saturated rings. The van der Waals surface area contributed by atoms with Crippen molar-refractivity contribution >= 4 is 21.4 Å². The SMILES string of the molecule is O=S(=O)(c1ccc(-c2cnc(C3CCC3)o2)s1)N1CCCCC1. The molecule has 0 N–H and O–H groups in total. The van der Waals surface area contributed by atoms with Gasteiger partial charge in [0.05, 0.1) is 11.1 Å². The van der Waals surface area contributed by atoms with E-state index < -0.39 is 10.0 Å². The molecular formula is C16H20N2O3S2. The molecule has 0 atom stereocenters. The molecule has 1 saturated heterocycles. The van der Waals surface area contributed by atoms with Crippen molar-refractivity contribution in [1.82, 2.24) is 9.29 Å². The molecule has 3 heterocycles. The molecule has 5 nitrogen and oxygen atoms in total. The van der Waals surface area contributed by atoms with Gasteiger partial charge in [0.2, 0.25) is 0 Å². The van der Waals surface area contributed by atoms with E-state index in [1.54, 1.807) is 16.6 Å². The van der Waals surface area contributed by atoms with E-state index in [1.807, 2.05) is 6.07 Å². The first-order chi connectivity index (χ1) is 11.1. The normalized spacial score (nSPS) is 20.5. The Hall–Kier alpha value is -1.18. The van der Waals surface area contributed by atoms with Gasteiger partial charge in [-0.25, -0.2) is 13.4 Å². The van der Waals surface area contributed by atoms with Crippen LogP contribution in [0.3, 0.4) is 0 Å². The quantitative estimate of drug-likeness (QED) is 0.838. The Kier molecular flexibility index (Phi) is 4.03. The van der Waals surface area contributed by atoms with E-state index >= 15 is 0 Å². The maximum Gasteiger partial charge on any atom is 0.252 e. The van der Waals surface area contributed by atoms with Crippen molar-refractivity contribution in [2.45, 2.75) is 48.7 Å². The Morgan fingerprint density at radius 2 is 1.91 bits per heavy atom. The van der Waals surface area contributed by atoms with Crippen LogP contribution >= 0.6 is 11.3 Å². The van der Waals surface area contributed by atoms with E-state index in [-0.39, 0.29) is 0 Å². The van der Waals surface area contributed by atoms with E-state index in [0.717, 1.165) is 42.9 Å². The van der Waals surface area contributed by atoms with Crippen molar-refractivity contribution in [1.29, 1.82) is 0 Å². The predicted molar refractivity (Wildman–Crippen MR) is 89.0 cm³/mol. The second-order valence-electron chi connectivity index (χ2n) is 6.27. The molecule has 0 aromatic carbocycles. The summed E-state index contributed by atoms with van der Waals surface area (Å²) >= 11 is 1.27. The van der Waals surface area contributed by atoms with Crippen molar-refractivity contribution < 1.29 is 12.8 Å². The highest BCUT2D eigenvalue weighted by molar-refractivity contribution is 7.91. The number of oxazole rings is 1. The number of rotatable bonds is 4. The third-order valence-corrected chi connectivity index (χ3v) is 8.18. The Bertz CT molecular complexity index is 784. The van der Waals surface area contributed by atoms with Crippen LogP contribution < -0.4 is 0 Å². The van der Waals surface area contributed by atoms with Crippen molar-refractivity contribution in [3.05, 3.63) is 24.2 Å². The van der Waals surface area contributed by atoms with Crippen molar-refractivity contribution in [2.75, 3.05) is 13.1 Å². The van der Waals surface area contributed by atoms with Gasteiger partial charge in [-0.3, -0.25) is 0 Å². The Morgan fingerprint density at radius 1 is 1.13 bits per heavy atom. The van der Waals surface area contributed by atoms with Gasteiger partial charge in [-0.1, -0.05) is 12.8 Å². The summed E-state index contributed by atoms with van der Waals surface area (Å²) < 4.78 is 33.2. The van der Waals surface area contributed by atoms with Crippen LogP contribution in [0.1, 0.15) is 50.3 Å². The van der Waals surface area contributed by atoms with Crippen LogP contribution in [-0.2, 0) is 10.0 Å². The van der Waals surface area contributed by atoms with Crippen LogP contribution in [0.15, 0.2) is 27.0 Å². The Labute approximate surface area is 140 Å². The second-order valence-corrected chi connectivity index (χ2v) is 9.52. The highest BCUT2D eigenvalue weighted by Crippen LogP contribution is 2.39. The zero-order chi connectivity index (χ0) is 15.9. The van der Waals surface area contributed by atoms with Crippen molar-refractivity contribution in [2.24, 2.45) is 0 Å². The summed E-state index contributed by atoms with van der Waals surface area (Å²) in [6.45, 7) is 1.26. The topological polar surface area (TPSA) is 63.4 Å². The fourth-order valence-corrected chi connectivity index (χ4v) is 5.99. The van der Waals surface area contributed by atoms with Gasteiger partial charge >= 0.3 is 0 Å². The third kappa shape index (κ3) is 2.86. The standard InChI is InChI=1S/C16H20N2O3S2/c19-23(20,18-9-2-1-3-10-18)15-8-7-14(22-15)13-11-17-16(21-13)12-5-4-6-12/h7-8,11-12H,1-6,9-10H2. The van der Waals surface area contributed by atoms with Gasteiger partial charge in [0.15, 0.2) is 11.7 Å². The van der Waals surface area contributed by atoms with Gasteiger partial charge in [-0.15, -0.1) is 11.3 Å². The van der Waals surface area contributed by atoms with Crippen LogP contribution in [0.5, 0.6) is 0 Å². The highest BCUT2D eigenvalue weighted by atomic mass is 32.2. The molecular weight excluding hydrogens is 332 g/mol. The lowest BCUT2D eigenvalue weighted by Gasteiger charge is -2.25. The highest BCUT2D eigenvalue weighted by Gasteiger charge is 2.28. The molecule has 23 heavy (non-hydrogen) atoms. The molecule has 0 unspecified atom stereocenters. The van der Waals surface area contributed by atoms with Gasteiger partial charge in [0, 0.05) is 19.0 Å². The van der Waals surface area contributed by atoms with Crippen LogP contribution in [0, 0.1) is 0 Å². The van der Waals surface area contributed by atoms with E-state index in [1.165, 1.54) is 17.8 Å². The lowest BCUT2D eigenvalue weighted by Crippen LogP contribution is -2.35. The molecule has 2 aromatic rings. The number of nitrogens with zero attached hydrogens (tertiary/aromatic N) is 2. The molecule has 0 radical (unpaired) electrons. The number of sulfonamides is 1. The summed E-state index contributed by atoms with van der Waals surface area (Å²) in [7, 11) is -3.36. The lowest BCUT2D eigenvalue weighted by atomic mass is 9.85. The Morgan fingerprint density at radius 3 is 2.61 bits per heavy atom. The average molecular weight is 352 g/mol. The molecule has 4 rings (SSSR count). The van der Waals surface area contributed by atoms with Crippen LogP contribution in [-0.4, -0.2) is 30.8 Å². The molecule has 1 aliphatic heterocycles. The summed E-state index contributed by atoms with van der Waals surface area (Å²) in [5, 5.41) is 0. The smallest absolute Gasteiger partial charge is 0.252 e. The first kappa shape index (κ1) is 15.4. The third-order valence-electron chi connectivity index (χ3n) is 4.71. The number of aromatic nitrogens is 1. The number of thiophene rings is 1. The molecule has 1 saturated carbocycles. The zero-order valence-electron chi connectivity index (χ0n) is 12.9. The summed E-state index contributed by atoms with van der Waals surface area (Å²) in [5.74, 6) is 1.91. The van der Waals surface area contributed by atoms with Gasteiger partial charge in [-0.2, -0.15) is 4.31 Å². The minimum atomic E-state index is -3.36. The molecule has 0 amide bonds. The largest absolute Gasteiger partial charge is 0.440 e. The number of hydrogen-bond acceptors (Lipinski definition) is 5. The summed E-state index contributed by atoms with van der Waals surface area (Å²) in [4.78, 5) is 5.19. The zero-order valence-corrected chi connectivity index (χ0v) is 14.5. The van der Waals surface area contributed by atoms with Gasteiger partial charge in [-0.05, 0) is 37.8 Å². The summed E-state index contributed by atoms with van der Waals surface area (Å²) in [6, 6.07) is 3.52. The first-order valence-electron chi connectivity index (χ1n) is 8.21. The summed E-state index contributed by atoms with van der Waals surface area (Å²) in [5.41, 5.74) is 0. The second kappa shape index (κ2) is 6.03. The van der Waals surface area contributed by atoms with E-state index in [4.69, 9.17) is 4.42 Å². The van der Waals surface area contributed by atoms with E-state index in [9.17, 15) is 8.42 Å². The lowest BCUT2D eigenvalue weighted by molar-refractivity contribution is 0.338. The van der Waals surface area contributed by atoms with Gasteiger partial charge < -0.3 is 4.42 Å². The van der Waals surface area contributed by atoms with Crippen molar-refractivity contribution in [3.8, 4) is 10.6 Å². The molecule has 0 bridgehead atoms. The number of piperidine rings is 1. The van der Waals surface area contributed by atoms with Crippen LogP contribution in [0.2, 0.25) is 0 Å². The fourth-order valence-electron chi connectivity index (χ4n) is 3.07. The first-order valence-corrected chi connectivity index (χ1v) is 10.5. The van der Waals surface area contributed by atoms with E-state index in [0.29, 0.717) is 29.0 Å². The summed E-state index contributed by atoms with van der Waals surface area (Å²) in [6.07, 6.45) is 8.24. The fraction of sp³-hybridized carbons (Fsp3) is 0.562. The predicted octanol–water partition coefficient (Wildman–Crippen LogP) is 3.85. The van der Waals surface area contributed by atoms with E-state index in [2.05, 4.69) is 4.98 Å². The molecule has 2 aromatic heterocycles. The van der Waals surface area contributed by atoms with Crippen molar-refractivity contribution in [3.63, 3.8) is 0 Å². The van der Waals surface area contributed by atoms with Gasteiger partial charge in [0.25, 0.3) is 10.0 Å². The molecule has 7 heteroatoms. The molecule has 124 valence electrons. The molecule has 2 aliphatic rings. The maximum absolute atomic E-state index is 12.7. The van der Waals surface area contributed by atoms with Crippen LogP contribution in [0.25, 0.3) is 10.6 Å². The maximum atomic E-state index is 12.7. The monoisotopic (exact) mass is 352 g/mol. The Balaban J connectivity index is 1.57. The number of hydrogen-bond donors (Lipinski definition) is 0. The minimum Gasteiger partial charge on any atom is -0.440 e. The molecule has 0 spiro atoms. The van der Waals surface area contributed by atoms with Gasteiger partial charge in [0.1, 0.15) is 4.21 Å². The average Bonchev–Trinajstić information content (AvgIpc) is 3.15.